The summed E-state index contributed by atoms with van der Waals surface area (Å²) in [7, 11) is 2.20. The van der Waals surface area contributed by atoms with Crippen molar-refractivity contribution in [1.29, 1.82) is 0 Å². The summed E-state index contributed by atoms with van der Waals surface area (Å²) in [6.45, 7) is 7.90. The predicted octanol–water partition coefficient (Wildman–Crippen LogP) is 0.383. The highest BCUT2D eigenvalue weighted by molar-refractivity contribution is 4.98. The molecule has 0 unspecified atom stereocenters. The summed E-state index contributed by atoms with van der Waals surface area (Å²) in [6, 6.07) is 0.760. The largest absolute Gasteiger partial charge is 0.336 e. The lowest BCUT2D eigenvalue weighted by molar-refractivity contribution is 0.150. The lowest BCUT2D eigenvalue weighted by atomic mass is 10.3. The van der Waals surface area contributed by atoms with Crippen LogP contribution >= 0.6 is 0 Å². The number of piperazine rings is 1. The summed E-state index contributed by atoms with van der Waals surface area (Å²) in [4.78, 5) is 9.41. The molecule has 1 aliphatic carbocycles. The Kier molecular flexibility index (Phi) is 4.15. The first-order valence-electron chi connectivity index (χ1n) is 7.44. The molecular formula is C14H25N5. The Morgan fingerprint density at radius 3 is 2.74 bits per heavy atom. The Labute approximate surface area is 115 Å². The third-order valence-electron chi connectivity index (χ3n) is 4.11. The highest BCUT2D eigenvalue weighted by Gasteiger charge is 2.20. The average Bonchev–Trinajstić information content (AvgIpc) is 3.15. The van der Waals surface area contributed by atoms with E-state index < -0.39 is 0 Å². The van der Waals surface area contributed by atoms with E-state index >= 15 is 0 Å². The van der Waals surface area contributed by atoms with Gasteiger partial charge in [-0.15, -0.1) is 0 Å². The topological polar surface area (TPSA) is 36.3 Å². The van der Waals surface area contributed by atoms with Gasteiger partial charge in [0, 0.05) is 58.1 Å². The average molecular weight is 263 g/mol. The first-order chi connectivity index (χ1) is 9.29. The number of hydrogen-bond acceptors (Lipinski definition) is 4. The van der Waals surface area contributed by atoms with Crippen molar-refractivity contribution in [2.24, 2.45) is 0 Å². The third-order valence-corrected chi connectivity index (χ3v) is 4.11. The smallest absolute Gasteiger partial charge is 0.0950 e. The van der Waals surface area contributed by atoms with E-state index in [1.807, 2.05) is 6.33 Å². The number of hydrogen-bond donors (Lipinski definition) is 1. The number of imidazole rings is 1. The number of aromatic nitrogens is 2. The number of nitrogens with one attached hydrogen (secondary N) is 1. The Hall–Kier alpha value is -0.910. The molecule has 1 N–H and O–H groups in total. The summed E-state index contributed by atoms with van der Waals surface area (Å²) in [5.74, 6) is 0. The first-order valence-corrected chi connectivity index (χ1v) is 7.44. The van der Waals surface area contributed by atoms with Gasteiger partial charge in [0.25, 0.3) is 0 Å². The van der Waals surface area contributed by atoms with Gasteiger partial charge in [-0.3, -0.25) is 4.90 Å². The van der Waals surface area contributed by atoms with Crippen LogP contribution in [0.5, 0.6) is 0 Å². The molecule has 5 nitrogen and oxygen atoms in total. The van der Waals surface area contributed by atoms with Crippen molar-refractivity contribution < 1.29 is 0 Å². The third kappa shape index (κ3) is 4.03. The first kappa shape index (κ1) is 13.1. The zero-order valence-corrected chi connectivity index (χ0v) is 11.9. The van der Waals surface area contributed by atoms with E-state index in [1.54, 1.807) is 0 Å². The minimum atomic E-state index is 0.760. The van der Waals surface area contributed by atoms with Crippen molar-refractivity contribution in [3.63, 3.8) is 0 Å². The van der Waals surface area contributed by atoms with Crippen molar-refractivity contribution in [3.8, 4) is 0 Å². The molecular weight excluding hydrogens is 238 g/mol. The summed E-state index contributed by atoms with van der Waals surface area (Å²) in [5, 5.41) is 3.50. The van der Waals surface area contributed by atoms with Gasteiger partial charge in [-0.05, 0) is 19.9 Å². The Morgan fingerprint density at radius 1 is 1.21 bits per heavy atom. The summed E-state index contributed by atoms with van der Waals surface area (Å²) in [6.07, 6.45) is 6.83. The number of likely N-dealkylation sites (N-methyl/N-ethyl adjacent to an activating group) is 1. The van der Waals surface area contributed by atoms with E-state index in [2.05, 4.69) is 37.9 Å². The second-order valence-corrected chi connectivity index (χ2v) is 5.90. The second kappa shape index (κ2) is 6.03. The quantitative estimate of drug-likeness (QED) is 0.805. The molecule has 5 heteroatoms. The van der Waals surface area contributed by atoms with E-state index in [0.29, 0.717) is 0 Å². The SMILES string of the molecule is CN1CCN(CCn2cnc(CNC3CC3)c2)CC1. The molecule has 0 bridgehead atoms. The fourth-order valence-electron chi connectivity index (χ4n) is 2.48. The van der Waals surface area contributed by atoms with E-state index in [9.17, 15) is 0 Å². The molecule has 1 aliphatic heterocycles. The van der Waals surface area contributed by atoms with Gasteiger partial charge in [0.15, 0.2) is 0 Å². The molecule has 0 atom stereocenters. The van der Waals surface area contributed by atoms with Crippen molar-refractivity contribution in [1.82, 2.24) is 24.7 Å². The van der Waals surface area contributed by atoms with Gasteiger partial charge >= 0.3 is 0 Å². The van der Waals surface area contributed by atoms with Gasteiger partial charge in [0.05, 0.1) is 12.0 Å². The molecule has 1 aromatic rings. The van der Waals surface area contributed by atoms with E-state index in [-0.39, 0.29) is 0 Å². The van der Waals surface area contributed by atoms with Crippen molar-refractivity contribution in [2.45, 2.75) is 32.0 Å². The van der Waals surface area contributed by atoms with E-state index in [4.69, 9.17) is 0 Å². The van der Waals surface area contributed by atoms with Crippen LogP contribution in [0.4, 0.5) is 0 Å². The van der Waals surface area contributed by atoms with Crippen LogP contribution in [0.3, 0.4) is 0 Å². The van der Waals surface area contributed by atoms with Crippen LogP contribution in [0.1, 0.15) is 18.5 Å². The van der Waals surface area contributed by atoms with Crippen LogP contribution in [-0.4, -0.2) is 65.2 Å². The molecule has 2 fully saturated rings. The lowest BCUT2D eigenvalue weighted by Gasteiger charge is -2.32. The predicted molar refractivity (Wildman–Crippen MR) is 76.0 cm³/mol. The Bertz CT molecular complexity index is 390. The van der Waals surface area contributed by atoms with Crippen molar-refractivity contribution >= 4 is 0 Å². The van der Waals surface area contributed by atoms with E-state index in [0.717, 1.165) is 25.7 Å². The van der Waals surface area contributed by atoms with Gasteiger partial charge in [0.2, 0.25) is 0 Å². The lowest BCUT2D eigenvalue weighted by Crippen LogP contribution is -2.45. The second-order valence-electron chi connectivity index (χ2n) is 5.90. The Balaban J connectivity index is 1.39. The van der Waals surface area contributed by atoms with Gasteiger partial charge in [0.1, 0.15) is 0 Å². The van der Waals surface area contributed by atoms with Crippen LogP contribution in [0.25, 0.3) is 0 Å². The maximum atomic E-state index is 4.47. The van der Waals surface area contributed by atoms with Crippen LogP contribution < -0.4 is 5.32 Å². The molecule has 19 heavy (non-hydrogen) atoms. The van der Waals surface area contributed by atoms with Crippen molar-refractivity contribution in [2.75, 3.05) is 39.8 Å². The molecule has 0 amide bonds. The Morgan fingerprint density at radius 2 is 2.00 bits per heavy atom. The molecule has 2 heterocycles. The van der Waals surface area contributed by atoms with Gasteiger partial charge in [-0.1, -0.05) is 0 Å². The molecule has 1 saturated carbocycles. The molecule has 106 valence electrons. The molecule has 0 radical (unpaired) electrons. The fourth-order valence-corrected chi connectivity index (χ4v) is 2.48. The van der Waals surface area contributed by atoms with Crippen LogP contribution in [-0.2, 0) is 13.1 Å². The normalized spacial score (nSPS) is 21.9. The molecule has 1 saturated heterocycles. The minimum absolute atomic E-state index is 0.760. The fraction of sp³-hybridized carbons (Fsp3) is 0.786. The van der Waals surface area contributed by atoms with Crippen molar-refractivity contribution in [3.05, 3.63) is 18.2 Å². The highest BCUT2D eigenvalue weighted by atomic mass is 15.3. The number of nitrogens with zero attached hydrogens (tertiary/aromatic N) is 4. The molecule has 0 aromatic carbocycles. The monoisotopic (exact) mass is 263 g/mol. The highest BCUT2D eigenvalue weighted by Crippen LogP contribution is 2.18. The van der Waals surface area contributed by atoms with Crippen LogP contribution in [0.2, 0.25) is 0 Å². The maximum absolute atomic E-state index is 4.47. The van der Waals surface area contributed by atoms with Gasteiger partial charge in [-0.25, -0.2) is 4.98 Å². The molecule has 3 rings (SSSR count). The molecule has 1 aromatic heterocycles. The van der Waals surface area contributed by atoms with Gasteiger partial charge in [-0.2, -0.15) is 0 Å². The van der Waals surface area contributed by atoms with Crippen LogP contribution in [0.15, 0.2) is 12.5 Å². The summed E-state index contributed by atoms with van der Waals surface area (Å²) >= 11 is 0. The van der Waals surface area contributed by atoms with Gasteiger partial charge < -0.3 is 14.8 Å². The molecule has 2 aliphatic rings. The summed E-state index contributed by atoms with van der Waals surface area (Å²) in [5.41, 5.74) is 1.17. The van der Waals surface area contributed by atoms with Crippen LogP contribution in [0, 0.1) is 0 Å². The standard InChI is InChI=1S/C14H25N5/c1-17-4-6-18(7-5-17)8-9-19-11-14(16-12-19)10-15-13-2-3-13/h11-13,15H,2-10H2,1H3. The summed E-state index contributed by atoms with van der Waals surface area (Å²) < 4.78 is 2.22. The minimum Gasteiger partial charge on any atom is -0.336 e. The van der Waals surface area contributed by atoms with E-state index in [1.165, 1.54) is 44.7 Å². The number of rotatable bonds is 6. The maximum Gasteiger partial charge on any atom is 0.0950 e. The zero-order chi connectivity index (χ0) is 13.1. The zero-order valence-electron chi connectivity index (χ0n) is 11.9. The molecule has 0 spiro atoms.